The molecule has 7 nitrogen and oxygen atoms in total. The van der Waals surface area contributed by atoms with Gasteiger partial charge in [-0.25, -0.2) is 5.43 Å². The van der Waals surface area contributed by atoms with Crippen LogP contribution in [0.25, 0.3) is 0 Å². The van der Waals surface area contributed by atoms with Crippen molar-refractivity contribution < 1.29 is 19.1 Å². The zero-order valence-electron chi connectivity index (χ0n) is 14.6. The molecule has 0 heterocycles. The van der Waals surface area contributed by atoms with Gasteiger partial charge < -0.3 is 14.8 Å². The smallest absolute Gasteiger partial charge is 0.329 e. The van der Waals surface area contributed by atoms with Gasteiger partial charge in [0, 0.05) is 28.2 Å². The quantitative estimate of drug-likeness (QED) is 0.436. The number of likely N-dealkylation sites (N-methyl/N-ethyl adjacent to an activating group) is 1. The first kappa shape index (κ1) is 20.5. The second kappa shape index (κ2) is 9.80. The van der Waals surface area contributed by atoms with Gasteiger partial charge in [-0.2, -0.15) is 5.10 Å². The maximum Gasteiger partial charge on any atom is 0.329 e. The summed E-state index contributed by atoms with van der Waals surface area (Å²) >= 11 is 12.3. The number of amides is 2. The highest BCUT2D eigenvalue weighted by molar-refractivity contribution is 6.36. The summed E-state index contributed by atoms with van der Waals surface area (Å²) in [4.78, 5) is 22.6. The molecule has 2 amide bonds. The van der Waals surface area contributed by atoms with Crippen LogP contribution < -0.4 is 20.2 Å². The number of methoxy groups -OCH3 is 1. The summed E-state index contributed by atoms with van der Waals surface area (Å²) in [6.07, 6.45) is 1.34. The van der Waals surface area contributed by atoms with Crippen LogP contribution in [0.4, 0.5) is 0 Å². The zero-order chi connectivity index (χ0) is 19.8. The molecule has 0 aromatic heterocycles. The molecule has 142 valence electrons. The van der Waals surface area contributed by atoms with Crippen molar-refractivity contribution in [1.29, 1.82) is 0 Å². The largest absolute Gasteiger partial charge is 0.493 e. The molecular formula is C18H17Cl2N3O4. The standard InChI is InChI=1S/C18H17Cl2N3O4/c1-21-17(24)18(25)23-22-9-11-5-3-8-15(26-2)16(11)27-10-12-13(19)6-4-7-14(12)20/h3-9H,10H2,1-2H3,(H,21,24)(H,23,25)/b22-9-. The summed E-state index contributed by atoms with van der Waals surface area (Å²) in [5.41, 5.74) is 3.27. The number of hydrogen-bond acceptors (Lipinski definition) is 5. The zero-order valence-corrected chi connectivity index (χ0v) is 16.1. The lowest BCUT2D eigenvalue weighted by Crippen LogP contribution is -2.35. The average Bonchev–Trinajstić information content (AvgIpc) is 2.67. The molecule has 0 aliphatic heterocycles. The van der Waals surface area contributed by atoms with Gasteiger partial charge in [0.05, 0.1) is 13.3 Å². The summed E-state index contributed by atoms with van der Waals surface area (Å²) in [5.74, 6) is -0.849. The Balaban J connectivity index is 2.22. The van der Waals surface area contributed by atoms with Crippen molar-refractivity contribution in [2.24, 2.45) is 5.10 Å². The van der Waals surface area contributed by atoms with Gasteiger partial charge in [0.15, 0.2) is 11.5 Å². The molecule has 2 rings (SSSR count). The fraction of sp³-hybridized carbons (Fsp3) is 0.167. The van der Waals surface area contributed by atoms with Gasteiger partial charge in [-0.3, -0.25) is 9.59 Å². The Kier molecular flexibility index (Phi) is 7.45. The first-order valence-corrected chi connectivity index (χ1v) is 8.51. The average molecular weight is 410 g/mol. The third-order valence-electron chi connectivity index (χ3n) is 3.45. The number of halogens is 2. The predicted octanol–water partition coefficient (Wildman–Crippen LogP) is 2.78. The van der Waals surface area contributed by atoms with Gasteiger partial charge in [-0.05, 0) is 24.3 Å². The van der Waals surface area contributed by atoms with E-state index in [1.165, 1.54) is 20.4 Å². The number of carbonyl (C=O) groups excluding carboxylic acids is 2. The van der Waals surface area contributed by atoms with E-state index in [4.69, 9.17) is 32.7 Å². The third kappa shape index (κ3) is 5.35. The van der Waals surface area contributed by atoms with E-state index in [1.54, 1.807) is 36.4 Å². The molecule has 0 radical (unpaired) electrons. The summed E-state index contributed by atoms with van der Waals surface area (Å²) in [6, 6.07) is 10.3. The molecule has 0 saturated carbocycles. The van der Waals surface area contributed by atoms with Crippen LogP contribution in [-0.4, -0.2) is 32.2 Å². The minimum Gasteiger partial charge on any atom is -0.493 e. The van der Waals surface area contributed by atoms with Crippen molar-refractivity contribution in [2.75, 3.05) is 14.2 Å². The normalized spacial score (nSPS) is 10.5. The number of para-hydroxylation sites is 1. The van der Waals surface area contributed by atoms with E-state index in [0.29, 0.717) is 32.7 Å². The first-order valence-electron chi connectivity index (χ1n) is 7.75. The molecule has 0 unspecified atom stereocenters. The van der Waals surface area contributed by atoms with E-state index in [-0.39, 0.29) is 6.61 Å². The van der Waals surface area contributed by atoms with Gasteiger partial charge in [-0.1, -0.05) is 35.3 Å². The molecule has 0 bridgehead atoms. The number of hydrogen-bond donors (Lipinski definition) is 2. The molecule has 9 heteroatoms. The number of hydrazone groups is 1. The van der Waals surface area contributed by atoms with Crippen molar-refractivity contribution in [2.45, 2.75) is 6.61 Å². The van der Waals surface area contributed by atoms with E-state index in [1.807, 2.05) is 0 Å². The second-order valence-electron chi connectivity index (χ2n) is 5.15. The second-order valence-corrected chi connectivity index (χ2v) is 5.96. The third-order valence-corrected chi connectivity index (χ3v) is 4.16. The summed E-state index contributed by atoms with van der Waals surface area (Å²) in [7, 11) is 2.85. The monoisotopic (exact) mass is 409 g/mol. The molecule has 2 aromatic carbocycles. The van der Waals surface area contributed by atoms with Crippen molar-refractivity contribution in [3.63, 3.8) is 0 Å². The molecule has 0 atom stereocenters. The molecule has 2 aromatic rings. The molecule has 0 saturated heterocycles. The highest BCUT2D eigenvalue weighted by atomic mass is 35.5. The Bertz CT molecular complexity index is 851. The SMILES string of the molecule is CNC(=O)C(=O)N/N=C\c1cccc(OC)c1OCc1c(Cl)cccc1Cl. The Morgan fingerprint density at radius 3 is 2.41 bits per heavy atom. The van der Waals surface area contributed by atoms with E-state index >= 15 is 0 Å². The van der Waals surface area contributed by atoms with Crippen LogP contribution in [-0.2, 0) is 16.2 Å². The topological polar surface area (TPSA) is 89.0 Å². The summed E-state index contributed by atoms with van der Waals surface area (Å²) < 4.78 is 11.2. The fourth-order valence-electron chi connectivity index (χ4n) is 2.09. The lowest BCUT2D eigenvalue weighted by Gasteiger charge is -2.14. The molecule has 27 heavy (non-hydrogen) atoms. The summed E-state index contributed by atoms with van der Waals surface area (Å²) in [5, 5.41) is 6.92. The number of rotatable bonds is 6. The Labute approximate surface area is 166 Å². The molecule has 2 N–H and O–H groups in total. The highest BCUT2D eigenvalue weighted by Crippen LogP contribution is 2.32. The predicted molar refractivity (Wildman–Crippen MR) is 104 cm³/mol. The van der Waals surface area contributed by atoms with Crippen LogP contribution in [0, 0.1) is 0 Å². The highest BCUT2D eigenvalue weighted by Gasteiger charge is 2.13. The maximum atomic E-state index is 11.4. The molecule has 0 fully saturated rings. The Hall–Kier alpha value is -2.77. The van der Waals surface area contributed by atoms with Crippen LogP contribution in [0.5, 0.6) is 11.5 Å². The number of carbonyl (C=O) groups is 2. The number of benzene rings is 2. The molecule has 0 aliphatic carbocycles. The van der Waals surface area contributed by atoms with E-state index in [2.05, 4.69) is 15.8 Å². The van der Waals surface area contributed by atoms with Crippen LogP contribution >= 0.6 is 23.2 Å². The minimum absolute atomic E-state index is 0.102. The first-order chi connectivity index (χ1) is 13.0. The van der Waals surface area contributed by atoms with Crippen LogP contribution in [0.15, 0.2) is 41.5 Å². The van der Waals surface area contributed by atoms with Gasteiger partial charge in [0.25, 0.3) is 0 Å². The number of nitrogens with one attached hydrogen (secondary N) is 2. The van der Waals surface area contributed by atoms with Crippen molar-refractivity contribution in [3.05, 3.63) is 57.6 Å². The van der Waals surface area contributed by atoms with Crippen molar-refractivity contribution in [1.82, 2.24) is 10.7 Å². The molecule has 0 aliphatic rings. The minimum atomic E-state index is -0.887. The van der Waals surface area contributed by atoms with Crippen molar-refractivity contribution in [3.8, 4) is 11.5 Å². The van der Waals surface area contributed by atoms with Crippen molar-refractivity contribution >= 4 is 41.2 Å². The van der Waals surface area contributed by atoms with Crippen LogP contribution in [0.1, 0.15) is 11.1 Å². The van der Waals surface area contributed by atoms with Gasteiger partial charge in [-0.15, -0.1) is 0 Å². The maximum absolute atomic E-state index is 11.4. The molecular weight excluding hydrogens is 393 g/mol. The van der Waals surface area contributed by atoms with E-state index < -0.39 is 11.8 Å². The van der Waals surface area contributed by atoms with E-state index in [9.17, 15) is 9.59 Å². The van der Waals surface area contributed by atoms with Crippen LogP contribution in [0.3, 0.4) is 0 Å². The number of nitrogens with zero attached hydrogens (tertiary/aromatic N) is 1. The lowest BCUT2D eigenvalue weighted by molar-refractivity contribution is -0.138. The van der Waals surface area contributed by atoms with E-state index in [0.717, 1.165) is 0 Å². The lowest BCUT2D eigenvalue weighted by atomic mass is 10.2. The van der Waals surface area contributed by atoms with Gasteiger partial charge in [0.1, 0.15) is 6.61 Å². The van der Waals surface area contributed by atoms with Gasteiger partial charge in [0.2, 0.25) is 0 Å². The Morgan fingerprint density at radius 1 is 1.11 bits per heavy atom. The van der Waals surface area contributed by atoms with Gasteiger partial charge >= 0.3 is 11.8 Å². The molecule has 0 spiro atoms. The Morgan fingerprint density at radius 2 is 1.78 bits per heavy atom. The number of ether oxygens (including phenoxy) is 2. The summed E-state index contributed by atoms with van der Waals surface area (Å²) in [6.45, 7) is 0.102. The fourth-order valence-corrected chi connectivity index (χ4v) is 2.60. The van der Waals surface area contributed by atoms with Crippen LogP contribution in [0.2, 0.25) is 10.0 Å².